The quantitative estimate of drug-likeness (QED) is 0.806. The van der Waals surface area contributed by atoms with E-state index in [4.69, 9.17) is 5.73 Å². The number of allylic oxidation sites excluding steroid dienone is 3. The lowest BCUT2D eigenvalue weighted by Crippen LogP contribution is -2.31. The van der Waals surface area contributed by atoms with E-state index >= 15 is 0 Å². The van der Waals surface area contributed by atoms with Crippen LogP contribution < -0.4 is 5.73 Å². The zero-order valence-electron chi connectivity index (χ0n) is 12.5. The Hall–Kier alpha value is -1.02. The number of nitrogens with zero attached hydrogens (tertiary/aromatic N) is 1. The summed E-state index contributed by atoms with van der Waals surface area (Å²) in [7, 11) is 0. The molecule has 0 radical (unpaired) electrons. The SMILES string of the molecule is CC.CC.NC1CCC=C/C1=C/C=C/N1CCC1. The third-order valence-electron chi connectivity index (χ3n) is 2.86. The van der Waals surface area contributed by atoms with Crippen molar-refractivity contribution in [2.45, 2.75) is 53.0 Å². The van der Waals surface area contributed by atoms with E-state index in [-0.39, 0.29) is 6.04 Å². The van der Waals surface area contributed by atoms with Crippen molar-refractivity contribution in [1.29, 1.82) is 0 Å². The summed E-state index contributed by atoms with van der Waals surface area (Å²) >= 11 is 0. The molecule has 1 fully saturated rings. The Balaban J connectivity index is 0.000000659. The third kappa shape index (κ3) is 6.06. The van der Waals surface area contributed by atoms with Gasteiger partial charge in [-0.25, -0.2) is 0 Å². The summed E-state index contributed by atoms with van der Waals surface area (Å²) in [5.41, 5.74) is 7.23. The largest absolute Gasteiger partial charge is 0.377 e. The van der Waals surface area contributed by atoms with Gasteiger partial charge >= 0.3 is 0 Å². The first-order valence-corrected chi connectivity index (χ1v) is 7.41. The molecule has 104 valence electrons. The Labute approximate surface area is 113 Å². The van der Waals surface area contributed by atoms with E-state index in [0.717, 1.165) is 12.8 Å². The lowest BCUT2D eigenvalue weighted by molar-refractivity contribution is 0.264. The number of nitrogens with two attached hydrogens (primary N) is 1. The molecular formula is C16H30N2. The molecule has 0 amide bonds. The first-order valence-electron chi connectivity index (χ1n) is 7.41. The number of hydrogen-bond acceptors (Lipinski definition) is 2. The Morgan fingerprint density at radius 2 is 1.89 bits per heavy atom. The first-order chi connectivity index (χ1) is 8.86. The highest BCUT2D eigenvalue weighted by Crippen LogP contribution is 2.15. The summed E-state index contributed by atoms with van der Waals surface area (Å²) in [6, 6.07) is 0.237. The fourth-order valence-electron chi connectivity index (χ4n) is 1.73. The summed E-state index contributed by atoms with van der Waals surface area (Å²) in [5, 5.41) is 0. The molecule has 2 heteroatoms. The van der Waals surface area contributed by atoms with Gasteiger partial charge in [-0.1, -0.05) is 45.9 Å². The van der Waals surface area contributed by atoms with E-state index in [0.29, 0.717) is 0 Å². The van der Waals surface area contributed by atoms with Gasteiger partial charge < -0.3 is 10.6 Å². The maximum atomic E-state index is 5.98. The molecule has 0 aromatic carbocycles. The fourth-order valence-corrected chi connectivity index (χ4v) is 1.73. The van der Waals surface area contributed by atoms with Gasteiger partial charge in [0.25, 0.3) is 0 Å². The van der Waals surface area contributed by atoms with Crippen LogP contribution in [0.15, 0.2) is 36.1 Å². The van der Waals surface area contributed by atoms with Crippen molar-refractivity contribution in [3.8, 4) is 0 Å². The Bertz CT molecular complexity index is 273. The average Bonchev–Trinajstić information content (AvgIpc) is 2.39. The molecule has 0 bridgehead atoms. The summed E-state index contributed by atoms with van der Waals surface area (Å²) in [5.74, 6) is 0. The zero-order valence-corrected chi connectivity index (χ0v) is 12.5. The predicted molar refractivity (Wildman–Crippen MR) is 82.5 cm³/mol. The van der Waals surface area contributed by atoms with Gasteiger partial charge in [-0.3, -0.25) is 0 Å². The normalized spacial score (nSPS) is 23.9. The highest BCUT2D eigenvalue weighted by Gasteiger charge is 2.09. The first kappa shape index (κ1) is 17.0. The molecule has 18 heavy (non-hydrogen) atoms. The van der Waals surface area contributed by atoms with E-state index in [2.05, 4.69) is 35.4 Å². The maximum absolute atomic E-state index is 5.98. The van der Waals surface area contributed by atoms with Crippen LogP contribution in [-0.2, 0) is 0 Å². The van der Waals surface area contributed by atoms with Crippen LogP contribution >= 0.6 is 0 Å². The molecule has 0 spiro atoms. The molecule has 0 aromatic rings. The van der Waals surface area contributed by atoms with Gasteiger partial charge in [0, 0.05) is 19.1 Å². The van der Waals surface area contributed by atoms with E-state index in [1.165, 1.54) is 25.1 Å². The molecule has 1 aliphatic carbocycles. The second kappa shape index (κ2) is 11.1. The Morgan fingerprint density at radius 1 is 1.22 bits per heavy atom. The minimum Gasteiger partial charge on any atom is -0.377 e. The van der Waals surface area contributed by atoms with Crippen molar-refractivity contribution in [3.63, 3.8) is 0 Å². The van der Waals surface area contributed by atoms with Gasteiger partial charge in [0.2, 0.25) is 0 Å². The van der Waals surface area contributed by atoms with E-state index in [9.17, 15) is 0 Å². The molecule has 0 aromatic heterocycles. The fraction of sp³-hybridized carbons (Fsp3) is 0.625. The van der Waals surface area contributed by atoms with Gasteiger partial charge in [0.05, 0.1) is 0 Å². The molecule has 1 unspecified atom stereocenters. The Morgan fingerprint density at radius 3 is 2.39 bits per heavy atom. The van der Waals surface area contributed by atoms with Gasteiger partial charge in [-0.2, -0.15) is 0 Å². The van der Waals surface area contributed by atoms with Gasteiger partial charge in [-0.05, 0) is 37.1 Å². The Kier molecular flexibility index (Phi) is 10.5. The molecule has 1 saturated heterocycles. The summed E-state index contributed by atoms with van der Waals surface area (Å²) in [4.78, 5) is 2.31. The molecule has 2 nitrogen and oxygen atoms in total. The number of rotatable bonds is 2. The second-order valence-electron chi connectivity index (χ2n) is 3.98. The lowest BCUT2D eigenvalue weighted by Gasteiger charge is -2.29. The van der Waals surface area contributed by atoms with Crippen molar-refractivity contribution in [2.75, 3.05) is 13.1 Å². The van der Waals surface area contributed by atoms with Gasteiger partial charge in [-0.15, -0.1) is 0 Å². The van der Waals surface area contributed by atoms with Gasteiger partial charge in [0.15, 0.2) is 0 Å². The van der Waals surface area contributed by atoms with E-state index < -0.39 is 0 Å². The molecule has 0 saturated carbocycles. The monoisotopic (exact) mass is 250 g/mol. The van der Waals surface area contributed by atoms with Crippen LogP contribution in [0.4, 0.5) is 0 Å². The maximum Gasteiger partial charge on any atom is 0.0297 e. The van der Waals surface area contributed by atoms with Crippen molar-refractivity contribution >= 4 is 0 Å². The van der Waals surface area contributed by atoms with Crippen molar-refractivity contribution < 1.29 is 0 Å². The van der Waals surface area contributed by atoms with Crippen LogP contribution in [-0.4, -0.2) is 24.0 Å². The van der Waals surface area contributed by atoms with Crippen LogP contribution in [0.1, 0.15) is 47.0 Å². The molecule has 2 N–H and O–H groups in total. The molecular weight excluding hydrogens is 220 g/mol. The molecule has 2 rings (SSSR count). The van der Waals surface area contributed by atoms with E-state index in [1.54, 1.807) is 0 Å². The average molecular weight is 250 g/mol. The zero-order chi connectivity index (χ0) is 13.8. The molecule has 1 heterocycles. The van der Waals surface area contributed by atoms with Crippen molar-refractivity contribution in [3.05, 3.63) is 36.1 Å². The van der Waals surface area contributed by atoms with Crippen molar-refractivity contribution in [2.24, 2.45) is 5.73 Å². The van der Waals surface area contributed by atoms with Crippen LogP contribution in [0.3, 0.4) is 0 Å². The van der Waals surface area contributed by atoms with Crippen LogP contribution in [0.2, 0.25) is 0 Å². The minimum atomic E-state index is 0.237. The number of hydrogen-bond donors (Lipinski definition) is 1. The highest BCUT2D eigenvalue weighted by atomic mass is 15.1. The van der Waals surface area contributed by atoms with Crippen LogP contribution in [0.5, 0.6) is 0 Å². The van der Waals surface area contributed by atoms with Crippen LogP contribution in [0, 0.1) is 0 Å². The predicted octanol–water partition coefficient (Wildman–Crippen LogP) is 3.86. The van der Waals surface area contributed by atoms with Crippen LogP contribution in [0.25, 0.3) is 0 Å². The third-order valence-corrected chi connectivity index (χ3v) is 2.86. The molecule has 1 aliphatic heterocycles. The number of likely N-dealkylation sites (tertiary alicyclic amines) is 1. The smallest absolute Gasteiger partial charge is 0.0297 e. The molecule has 2 aliphatic rings. The minimum absolute atomic E-state index is 0.237. The summed E-state index contributed by atoms with van der Waals surface area (Å²) < 4.78 is 0. The topological polar surface area (TPSA) is 29.3 Å². The van der Waals surface area contributed by atoms with Crippen molar-refractivity contribution in [1.82, 2.24) is 4.90 Å². The highest BCUT2D eigenvalue weighted by molar-refractivity contribution is 5.30. The standard InChI is InChI=1S/C12H18N2.2C2H6/c13-12-7-2-1-5-11(12)6-3-8-14-9-4-10-14;2*1-2/h1,3,5-6,8,12H,2,4,7,9-10,13H2;2*1-2H3/b8-3+,11-6-;;. The van der Waals surface area contributed by atoms with Gasteiger partial charge in [0.1, 0.15) is 0 Å². The summed E-state index contributed by atoms with van der Waals surface area (Å²) in [6.45, 7) is 10.4. The summed E-state index contributed by atoms with van der Waals surface area (Å²) in [6.07, 6.45) is 14.3. The van der Waals surface area contributed by atoms with E-state index in [1.807, 2.05) is 27.7 Å². The lowest BCUT2D eigenvalue weighted by atomic mass is 9.97. The molecule has 1 atom stereocenters. The second-order valence-corrected chi connectivity index (χ2v) is 3.98.